The normalized spacial score (nSPS) is 21.5. The van der Waals surface area contributed by atoms with Crippen LogP contribution in [0.1, 0.15) is 12.8 Å². The number of amides is 2. The van der Waals surface area contributed by atoms with E-state index in [1.54, 1.807) is 0 Å². The summed E-state index contributed by atoms with van der Waals surface area (Å²) in [6, 6.07) is 0. The first-order chi connectivity index (χ1) is 7.65. The standard InChI is InChI=1S/C9H10N2O4S.K/c12-4-10-2-1-5-8(9(14)15)11-6(13)3-7(11)16-5;/h4,7H,1-3H2,(H,10,12)(H,14,15);/q;+1/p-1. The van der Waals surface area contributed by atoms with Gasteiger partial charge in [-0.2, -0.15) is 0 Å². The van der Waals surface area contributed by atoms with Crippen molar-refractivity contribution in [1.29, 1.82) is 0 Å². The van der Waals surface area contributed by atoms with Crippen LogP contribution in [-0.2, 0) is 14.4 Å². The second-order valence-corrected chi connectivity index (χ2v) is 4.69. The molecule has 0 radical (unpaired) electrons. The van der Waals surface area contributed by atoms with E-state index in [4.69, 9.17) is 0 Å². The molecule has 0 bridgehead atoms. The minimum Gasteiger partial charge on any atom is -0.543 e. The van der Waals surface area contributed by atoms with Crippen LogP contribution in [0.25, 0.3) is 0 Å². The number of thioether (sulfide) groups is 1. The van der Waals surface area contributed by atoms with Gasteiger partial charge in [0.25, 0.3) is 0 Å². The summed E-state index contributed by atoms with van der Waals surface area (Å²) >= 11 is 1.36. The third kappa shape index (κ3) is 2.94. The van der Waals surface area contributed by atoms with Crippen molar-refractivity contribution >= 4 is 30.0 Å². The number of carboxylic acid groups (broad SMARTS) is 1. The second kappa shape index (κ2) is 6.35. The molecule has 6 nitrogen and oxygen atoms in total. The van der Waals surface area contributed by atoms with Gasteiger partial charge in [0.15, 0.2) is 0 Å². The smallest absolute Gasteiger partial charge is 0.543 e. The number of carbonyl (C=O) groups excluding carboxylic acids is 3. The van der Waals surface area contributed by atoms with E-state index in [1.807, 2.05) is 0 Å². The molecule has 2 aliphatic heterocycles. The summed E-state index contributed by atoms with van der Waals surface area (Å²) in [5, 5.41) is 13.3. The van der Waals surface area contributed by atoms with E-state index in [0.717, 1.165) is 0 Å². The molecule has 86 valence electrons. The Labute approximate surface area is 145 Å². The second-order valence-electron chi connectivity index (χ2n) is 3.42. The zero-order valence-electron chi connectivity index (χ0n) is 9.26. The van der Waals surface area contributed by atoms with Crippen LogP contribution >= 0.6 is 11.8 Å². The first-order valence-corrected chi connectivity index (χ1v) is 5.63. The van der Waals surface area contributed by atoms with Crippen molar-refractivity contribution in [2.75, 3.05) is 6.54 Å². The van der Waals surface area contributed by atoms with Crippen LogP contribution in [0.2, 0.25) is 0 Å². The van der Waals surface area contributed by atoms with Crippen LogP contribution in [0.15, 0.2) is 10.6 Å². The van der Waals surface area contributed by atoms with Crippen LogP contribution in [0.4, 0.5) is 0 Å². The van der Waals surface area contributed by atoms with E-state index in [9.17, 15) is 19.5 Å². The van der Waals surface area contributed by atoms with Gasteiger partial charge >= 0.3 is 51.4 Å². The van der Waals surface area contributed by atoms with Crippen molar-refractivity contribution in [3.63, 3.8) is 0 Å². The Morgan fingerprint density at radius 3 is 2.88 bits per heavy atom. The largest absolute Gasteiger partial charge is 1.00 e. The van der Waals surface area contributed by atoms with Crippen LogP contribution in [0, 0.1) is 0 Å². The number of fused-ring (bicyclic) bond motifs is 1. The maximum Gasteiger partial charge on any atom is 1.00 e. The summed E-state index contributed by atoms with van der Waals surface area (Å²) < 4.78 is 0. The number of β-lactam (4-membered cyclic amide) rings is 1. The summed E-state index contributed by atoms with van der Waals surface area (Å²) in [4.78, 5) is 34.1. The number of carboxylic acids is 1. The molecule has 2 aliphatic rings. The van der Waals surface area contributed by atoms with E-state index in [1.165, 1.54) is 16.7 Å². The van der Waals surface area contributed by atoms with E-state index < -0.39 is 5.97 Å². The van der Waals surface area contributed by atoms with Crippen molar-refractivity contribution in [3.8, 4) is 0 Å². The molecule has 2 amide bonds. The number of carbonyl (C=O) groups is 3. The molecule has 2 heterocycles. The number of hydrogen-bond donors (Lipinski definition) is 1. The molecule has 17 heavy (non-hydrogen) atoms. The first-order valence-electron chi connectivity index (χ1n) is 4.75. The topological polar surface area (TPSA) is 89.5 Å². The summed E-state index contributed by atoms with van der Waals surface area (Å²) in [5.41, 5.74) is -0.0288. The average molecular weight is 280 g/mol. The van der Waals surface area contributed by atoms with Gasteiger partial charge in [-0.05, 0) is 6.42 Å². The van der Waals surface area contributed by atoms with Crippen molar-refractivity contribution < 1.29 is 70.9 Å². The van der Waals surface area contributed by atoms with Crippen LogP contribution in [0.5, 0.6) is 0 Å². The molecule has 0 spiro atoms. The van der Waals surface area contributed by atoms with Gasteiger partial charge in [-0.3, -0.25) is 14.5 Å². The fourth-order valence-corrected chi connectivity index (χ4v) is 3.13. The first kappa shape index (κ1) is 15.2. The third-order valence-electron chi connectivity index (χ3n) is 2.46. The van der Waals surface area contributed by atoms with Crippen LogP contribution < -0.4 is 61.8 Å². The zero-order chi connectivity index (χ0) is 11.7. The van der Waals surface area contributed by atoms with Crippen molar-refractivity contribution in [2.45, 2.75) is 18.2 Å². The van der Waals surface area contributed by atoms with Crippen LogP contribution in [0.3, 0.4) is 0 Å². The van der Waals surface area contributed by atoms with Crippen molar-refractivity contribution in [3.05, 3.63) is 10.6 Å². The summed E-state index contributed by atoms with van der Waals surface area (Å²) in [6.45, 7) is 0.358. The molecule has 2 rings (SSSR count). The number of nitrogens with zero attached hydrogens (tertiary/aromatic N) is 1. The summed E-state index contributed by atoms with van der Waals surface area (Å²) in [6.07, 6.45) is 1.33. The number of rotatable bonds is 5. The molecule has 1 fully saturated rings. The molecule has 1 atom stereocenters. The molecule has 0 saturated carbocycles. The van der Waals surface area contributed by atoms with E-state index in [2.05, 4.69) is 5.32 Å². The van der Waals surface area contributed by atoms with Gasteiger partial charge in [0.05, 0.1) is 23.5 Å². The average Bonchev–Trinajstić information content (AvgIpc) is 2.52. The Kier molecular flexibility index (Phi) is 5.67. The minimum absolute atomic E-state index is 0. The molecular weight excluding hydrogens is 271 g/mol. The Bertz CT molecular complexity index is 398. The Hall–Kier alpha value is 0.136. The monoisotopic (exact) mass is 280 g/mol. The number of nitrogens with one attached hydrogen (secondary N) is 1. The van der Waals surface area contributed by atoms with Gasteiger partial charge < -0.3 is 15.2 Å². The van der Waals surface area contributed by atoms with E-state index in [0.29, 0.717) is 30.7 Å². The molecule has 0 aromatic rings. The zero-order valence-corrected chi connectivity index (χ0v) is 13.2. The fraction of sp³-hybridized carbons (Fsp3) is 0.444. The molecule has 0 aromatic heterocycles. The van der Waals surface area contributed by atoms with Gasteiger partial charge in [0, 0.05) is 11.4 Å². The Morgan fingerprint density at radius 2 is 2.35 bits per heavy atom. The minimum atomic E-state index is -1.33. The van der Waals surface area contributed by atoms with Gasteiger partial charge in [-0.15, -0.1) is 11.8 Å². The van der Waals surface area contributed by atoms with Crippen molar-refractivity contribution in [1.82, 2.24) is 10.2 Å². The Balaban J connectivity index is 0.00000144. The SMILES string of the molecule is O=CNCCC1=C(C(=O)[O-])N2C(=O)CC2S1.[K+]. The third-order valence-corrected chi connectivity index (χ3v) is 3.79. The van der Waals surface area contributed by atoms with E-state index in [-0.39, 0.29) is 68.4 Å². The molecule has 8 heteroatoms. The predicted octanol–water partition coefficient (Wildman–Crippen LogP) is -4.61. The molecule has 1 N–H and O–H groups in total. The maximum atomic E-state index is 11.2. The summed E-state index contributed by atoms with van der Waals surface area (Å²) in [5.74, 6) is -1.51. The van der Waals surface area contributed by atoms with Gasteiger partial charge in [0.1, 0.15) is 0 Å². The number of aliphatic carboxylic acids is 1. The van der Waals surface area contributed by atoms with Gasteiger partial charge in [-0.25, -0.2) is 0 Å². The molecule has 0 aromatic carbocycles. The quantitative estimate of drug-likeness (QED) is 0.237. The van der Waals surface area contributed by atoms with E-state index >= 15 is 0 Å². The van der Waals surface area contributed by atoms with Crippen LogP contribution in [-0.4, -0.2) is 35.1 Å². The Morgan fingerprint density at radius 1 is 1.65 bits per heavy atom. The molecule has 0 aliphatic carbocycles. The predicted molar refractivity (Wildman–Crippen MR) is 53.6 cm³/mol. The number of hydrogen-bond acceptors (Lipinski definition) is 5. The maximum absolute atomic E-state index is 11.2. The molecule has 1 unspecified atom stereocenters. The summed E-state index contributed by atoms with van der Waals surface area (Å²) in [7, 11) is 0. The van der Waals surface area contributed by atoms with Gasteiger partial charge in [-0.1, -0.05) is 0 Å². The molecule has 1 saturated heterocycles. The van der Waals surface area contributed by atoms with Gasteiger partial charge in [0.2, 0.25) is 12.3 Å². The fourth-order valence-electron chi connectivity index (χ4n) is 1.74. The van der Waals surface area contributed by atoms with Crippen molar-refractivity contribution in [2.24, 2.45) is 0 Å². The molecular formula is C9H9KN2O4S.